The summed E-state index contributed by atoms with van der Waals surface area (Å²) < 4.78 is 27.1. The lowest BCUT2D eigenvalue weighted by Crippen LogP contribution is -2.74. The van der Waals surface area contributed by atoms with Gasteiger partial charge in [-0.05, 0) is 54.7 Å². The molecule has 0 spiro atoms. The van der Waals surface area contributed by atoms with Crippen molar-refractivity contribution in [1.29, 1.82) is 5.26 Å². The first-order valence-corrected chi connectivity index (χ1v) is 25.1. The maximum atomic E-state index is 15.0. The molecule has 4 heterocycles. The first kappa shape index (κ1) is 52.2. The number of aryl methyl sites for hydroxylation is 1. The summed E-state index contributed by atoms with van der Waals surface area (Å²) in [6.07, 6.45) is -0.132. The second-order valence-corrected chi connectivity index (χ2v) is 22.2. The number of ether oxygens (including phenoxy) is 2. The standard InChI is InChI=1S/C52H65ClFN9O6S/c1-31(33-10-12-34(13-11-33)43-32(2)57-30-70-43)58-46(66)40-24-37(54)28-63(40)47(67)44(50(3,4)5)59-42(64)29-68-23-22-61-18-20-62(21-19-61)41-17-15-36(27-56-41)45(65)60-48-51(6,7)49(52(48,8)9)69-38-16-14-35(26-55)39(53)25-38/h10-17,25,27,30-31,37,40,44,48-49H,18-24,28-29H2,1-9H3,(H,58,66)(H,59,64)(H,60,65)/t31-,37-,40-,44+,48?,49?/m0/s1. The Hall–Kier alpha value is -5.67. The van der Waals surface area contributed by atoms with E-state index in [4.69, 9.17) is 21.1 Å². The fraction of sp³-hybridized carbons (Fsp3) is 0.519. The minimum Gasteiger partial charge on any atom is -0.489 e. The highest BCUT2D eigenvalue weighted by Crippen LogP contribution is 2.55. The van der Waals surface area contributed by atoms with E-state index in [2.05, 4.69) is 69.5 Å². The molecule has 70 heavy (non-hydrogen) atoms. The number of nitrogens with one attached hydrogen (secondary N) is 3. The molecule has 3 aliphatic rings. The number of hydrogen-bond donors (Lipinski definition) is 3. The van der Waals surface area contributed by atoms with Gasteiger partial charge in [-0.3, -0.25) is 24.1 Å². The molecule has 1 aliphatic carbocycles. The zero-order valence-electron chi connectivity index (χ0n) is 41.5. The SMILES string of the molecule is Cc1ncsc1-c1ccc([C@H](C)NC(=O)[C@@H]2C[C@H](F)CN2C(=O)[C@@H](NC(=O)COCCN2CCN(c3ccc(C(=O)NC4C(C)(C)C(Oc5ccc(C#N)c(Cl)c5)C4(C)C)cn3)CC2)C(C)(C)C)cc1. The smallest absolute Gasteiger partial charge is 0.253 e. The lowest BCUT2D eigenvalue weighted by Gasteiger charge is -2.63. The van der Waals surface area contributed by atoms with E-state index in [1.807, 2.05) is 65.0 Å². The third kappa shape index (κ3) is 11.6. The van der Waals surface area contributed by atoms with Gasteiger partial charge in [0.1, 0.15) is 48.6 Å². The highest BCUT2D eigenvalue weighted by atomic mass is 35.5. The van der Waals surface area contributed by atoms with E-state index in [1.165, 1.54) is 4.90 Å². The lowest BCUT2D eigenvalue weighted by molar-refractivity contribution is -0.164. The number of hydrogen-bond acceptors (Lipinski definition) is 12. The molecule has 2 aromatic heterocycles. The fourth-order valence-corrected chi connectivity index (χ4v) is 11.3. The lowest BCUT2D eigenvalue weighted by atomic mass is 9.49. The number of benzene rings is 2. The van der Waals surface area contributed by atoms with Crippen molar-refractivity contribution < 1.29 is 33.0 Å². The third-order valence-corrected chi connectivity index (χ3v) is 15.2. The average Bonchev–Trinajstić information content (AvgIpc) is 3.95. The van der Waals surface area contributed by atoms with Crippen molar-refractivity contribution in [3.05, 3.63) is 93.7 Å². The molecule has 15 nitrogen and oxygen atoms in total. The Kier molecular flexibility index (Phi) is 15.9. The van der Waals surface area contributed by atoms with Crippen LogP contribution in [-0.4, -0.2) is 126 Å². The number of likely N-dealkylation sites (tertiary alicyclic amines) is 1. The average molecular weight is 999 g/mol. The highest BCUT2D eigenvalue weighted by molar-refractivity contribution is 7.13. The molecule has 7 rings (SSSR count). The number of pyridine rings is 1. The number of anilines is 1. The predicted octanol–water partition coefficient (Wildman–Crippen LogP) is 7.14. The molecule has 4 atom stereocenters. The summed E-state index contributed by atoms with van der Waals surface area (Å²) in [6, 6.07) is 16.0. The predicted molar refractivity (Wildman–Crippen MR) is 268 cm³/mol. The van der Waals surface area contributed by atoms with Crippen LogP contribution >= 0.6 is 22.9 Å². The largest absolute Gasteiger partial charge is 0.489 e. The van der Waals surface area contributed by atoms with E-state index in [0.29, 0.717) is 48.1 Å². The minimum atomic E-state index is -1.38. The van der Waals surface area contributed by atoms with E-state index in [9.17, 15) is 28.8 Å². The third-order valence-electron chi connectivity index (χ3n) is 14.0. The van der Waals surface area contributed by atoms with Crippen LogP contribution in [0.3, 0.4) is 0 Å². The maximum absolute atomic E-state index is 15.0. The quantitative estimate of drug-likeness (QED) is 0.0972. The van der Waals surface area contributed by atoms with Crippen LogP contribution < -0.4 is 25.6 Å². The molecule has 0 bridgehead atoms. The summed E-state index contributed by atoms with van der Waals surface area (Å²) in [5.74, 6) is -0.321. The van der Waals surface area contributed by atoms with Crippen molar-refractivity contribution >= 4 is 52.4 Å². The summed E-state index contributed by atoms with van der Waals surface area (Å²) >= 11 is 7.81. The van der Waals surface area contributed by atoms with E-state index < -0.39 is 58.3 Å². The number of nitriles is 1. The molecular formula is C52H65ClFN9O6S. The van der Waals surface area contributed by atoms with Crippen molar-refractivity contribution in [3.8, 4) is 22.3 Å². The van der Waals surface area contributed by atoms with E-state index in [-0.39, 0.29) is 37.6 Å². The van der Waals surface area contributed by atoms with Crippen molar-refractivity contribution in [2.45, 2.75) is 105 Å². The second kappa shape index (κ2) is 21.4. The van der Waals surface area contributed by atoms with Crippen LogP contribution in [-0.2, 0) is 19.1 Å². The maximum Gasteiger partial charge on any atom is 0.253 e. The van der Waals surface area contributed by atoms with Crippen LogP contribution in [0.5, 0.6) is 5.75 Å². The van der Waals surface area contributed by atoms with Gasteiger partial charge in [0.2, 0.25) is 17.7 Å². The number of piperazine rings is 1. The molecular weight excluding hydrogens is 933 g/mol. The Morgan fingerprint density at radius 1 is 0.986 bits per heavy atom. The molecule has 4 amide bonds. The monoisotopic (exact) mass is 997 g/mol. The Morgan fingerprint density at radius 3 is 2.29 bits per heavy atom. The van der Waals surface area contributed by atoms with Gasteiger partial charge in [0.15, 0.2) is 0 Å². The van der Waals surface area contributed by atoms with Crippen LogP contribution in [0.1, 0.15) is 95.0 Å². The molecule has 0 radical (unpaired) electrons. The molecule has 2 aromatic carbocycles. The Bertz CT molecular complexity index is 2560. The molecule has 1 saturated carbocycles. The number of halogens is 2. The molecule has 0 unspecified atom stereocenters. The molecule has 2 aliphatic heterocycles. The van der Waals surface area contributed by atoms with Gasteiger partial charge in [-0.25, -0.2) is 14.4 Å². The van der Waals surface area contributed by atoms with Gasteiger partial charge < -0.3 is 35.2 Å². The number of thiazole rings is 1. The van der Waals surface area contributed by atoms with E-state index in [0.717, 1.165) is 40.6 Å². The molecule has 4 aromatic rings. The van der Waals surface area contributed by atoms with Crippen LogP contribution in [0.4, 0.5) is 10.2 Å². The molecule has 18 heteroatoms. The van der Waals surface area contributed by atoms with Gasteiger partial charge in [0.25, 0.3) is 5.91 Å². The number of rotatable bonds is 16. The summed E-state index contributed by atoms with van der Waals surface area (Å²) in [5.41, 5.74) is 3.94. The zero-order chi connectivity index (χ0) is 50.7. The molecule has 3 N–H and O–H groups in total. The van der Waals surface area contributed by atoms with Crippen molar-refractivity contribution in [2.24, 2.45) is 16.2 Å². The number of carbonyl (C=O) groups excluding carboxylic acids is 4. The summed E-state index contributed by atoms with van der Waals surface area (Å²) in [4.78, 5) is 70.1. The van der Waals surface area contributed by atoms with Crippen LogP contribution in [0.15, 0.2) is 66.3 Å². The number of carbonyl (C=O) groups is 4. The highest BCUT2D eigenvalue weighted by Gasteiger charge is 2.64. The summed E-state index contributed by atoms with van der Waals surface area (Å²) in [5, 5.41) is 18.6. The zero-order valence-corrected chi connectivity index (χ0v) is 43.0. The Labute approximate surface area is 419 Å². The normalized spacial score (nSPS) is 21.7. The molecule has 3 fully saturated rings. The van der Waals surface area contributed by atoms with Gasteiger partial charge in [0.05, 0.1) is 51.4 Å². The van der Waals surface area contributed by atoms with Crippen molar-refractivity contribution in [1.82, 2.24) is 35.7 Å². The van der Waals surface area contributed by atoms with Crippen molar-refractivity contribution in [2.75, 3.05) is 57.4 Å². The summed E-state index contributed by atoms with van der Waals surface area (Å²) in [6.45, 7) is 20.8. The molecule has 2 saturated heterocycles. The van der Waals surface area contributed by atoms with Gasteiger partial charge in [-0.15, -0.1) is 11.3 Å². The fourth-order valence-electron chi connectivity index (χ4n) is 10.3. The van der Waals surface area contributed by atoms with Crippen LogP contribution in [0, 0.1) is 34.5 Å². The number of aromatic nitrogens is 2. The minimum absolute atomic E-state index is 0.130. The van der Waals surface area contributed by atoms with E-state index >= 15 is 0 Å². The molecule has 374 valence electrons. The van der Waals surface area contributed by atoms with Crippen LogP contribution in [0.25, 0.3) is 10.4 Å². The number of amides is 4. The first-order valence-electron chi connectivity index (χ1n) is 23.8. The number of nitrogens with zero attached hydrogens (tertiary/aromatic N) is 6. The Morgan fingerprint density at radius 2 is 1.69 bits per heavy atom. The second-order valence-electron chi connectivity index (χ2n) is 20.9. The Balaban J connectivity index is 0.831. The van der Waals surface area contributed by atoms with Gasteiger partial charge >= 0.3 is 0 Å². The van der Waals surface area contributed by atoms with Gasteiger partial charge in [-0.2, -0.15) is 5.26 Å². The van der Waals surface area contributed by atoms with Gasteiger partial charge in [-0.1, -0.05) is 84.3 Å². The number of alkyl halides is 1. The topological polar surface area (TPSA) is 182 Å². The first-order chi connectivity index (χ1) is 33.1. The van der Waals surface area contributed by atoms with Gasteiger partial charge in [0, 0.05) is 68.3 Å². The summed E-state index contributed by atoms with van der Waals surface area (Å²) in [7, 11) is 0. The van der Waals surface area contributed by atoms with E-state index in [1.54, 1.807) is 47.3 Å². The van der Waals surface area contributed by atoms with Crippen LogP contribution in [0.2, 0.25) is 5.02 Å². The van der Waals surface area contributed by atoms with Crippen molar-refractivity contribution in [3.63, 3.8) is 0 Å².